The van der Waals surface area contributed by atoms with E-state index in [4.69, 9.17) is 0 Å². The standard InChI is InChI=1S/C23H36N4O2S/c1-5-10-24-22(29)26-14-11-25(12-15-26)13-16-27-20(28)17-30-21(27)18-6-8-19(9-7-18)23(2,3)4/h6-9,21H,5,10-17H2,1-4H3,(H,24,29)/t21-/m0/s1. The third-order valence-corrected chi connectivity index (χ3v) is 7.13. The van der Waals surface area contributed by atoms with Crippen LogP contribution < -0.4 is 5.32 Å². The lowest BCUT2D eigenvalue weighted by molar-refractivity contribution is -0.128. The molecule has 2 aliphatic rings. The van der Waals surface area contributed by atoms with Crippen LogP contribution in [0.4, 0.5) is 4.79 Å². The van der Waals surface area contributed by atoms with Crippen molar-refractivity contribution in [1.82, 2.24) is 20.0 Å². The molecule has 2 heterocycles. The molecule has 7 heteroatoms. The monoisotopic (exact) mass is 432 g/mol. The molecule has 0 aliphatic carbocycles. The summed E-state index contributed by atoms with van der Waals surface area (Å²) in [6.45, 7) is 14.2. The van der Waals surface area contributed by atoms with Crippen molar-refractivity contribution in [2.24, 2.45) is 0 Å². The molecule has 0 saturated carbocycles. The van der Waals surface area contributed by atoms with E-state index < -0.39 is 0 Å². The maximum Gasteiger partial charge on any atom is 0.317 e. The van der Waals surface area contributed by atoms with E-state index in [1.165, 1.54) is 11.1 Å². The first-order valence-electron chi connectivity index (χ1n) is 11.1. The zero-order valence-electron chi connectivity index (χ0n) is 18.8. The maximum absolute atomic E-state index is 12.5. The number of nitrogens with one attached hydrogen (secondary N) is 1. The van der Waals surface area contributed by atoms with Crippen LogP contribution in [0.3, 0.4) is 0 Å². The average molecular weight is 433 g/mol. The highest BCUT2D eigenvalue weighted by atomic mass is 32.2. The van der Waals surface area contributed by atoms with E-state index in [2.05, 4.69) is 62.2 Å². The number of amides is 3. The Morgan fingerprint density at radius 2 is 1.77 bits per heavy atom. The van der Waals surface area contributed by atoms with Crippen molar-refractivity contribution in [2.45, 2.75) is 44.9 Å². The number of benzene rings is 1. The first-order valence-corrected chi connectivity index (χ1v) is 12.1. The van der Waals surface area contributed by atoms with Gasteiger partial charge in [0.25, 0.3) is 0 Å². The maximum atomic E-state index is 12.5. The largest absolute Gasteiger partial charge is 0.338 e. The van der Waals surface area contributed by atoms with Crippen LogP contribution in [0.2, 0.25) is 0 Å². The van der Waals surface area contributed by atoms with E-state index in [-0.39, 0.29) is 22.7 Å². The predicted octanol–water partition coefficient (Wildman–Crippen LogP) is 3.30. The lowest BCUT2D eigenvalue weighted by atomic mass is 9.87. The van der Waals surface area contributed by atoms with Gasteiger partial charge >= 0.3 is 6.03 Å². The van der Waals surface area contributed by atoms with Crippen LogP contribution in [0.5, 0.6) is 0 Å². The van der Waals surface area contributed by atoms with Gasteiger partial charge in [-0.2, -0.15) is 0 Å². The van der Waals surface area contributed by atoms with Crippen LogP contribution >= 0.6 is 11.8 Å². The first-order chi connectivity index (χ1) is 14.3. The Balaban J connectivity index is 1.52. The summed E-state index contributed by atoms with van der Waals surface area (Å²) in [6.07, 6.45) is 0.952. The fourth-order valence-corrected chi connectivity index (χ4v) is 5.11. The number of carbonyl (C=O) groups excluding carboxylic acids is 2. The summed E-state index contributed by atoms with van der Waals surface area (Å²) in [5.74, 6) is 0.777. The number of rotatable bonds is 6. The van der Waals surface area contributed by atoms with Crippen LogP contribution in [0, 0.1) is 0 Å². The zero-order chi connectivity index (χ0) is 21.7. The van der Waals surface area contributed by atoms with E-state index in [0.717, 1.165) is 52.2 Å². The van der Waals surface area contributed by atoms with Crippen molar-refractivity contribution >= 4 is 23.7 Å². The van der Waals surface area contributed by atoms with Gasteiger partial charge in [-0.15, -0.1) is 11.8 Å². The molecule has 0 bridgehead atoms. The zero-order valence-corrected chi connectivity index (χ0v) is 19.6. The van der Waals surface area contributed by atoms with E-state index in [9.17, 15) is 9.59 Å². The van der Waals surface area contributed by atoms with Gasteiger partial charge in [0.05, 0.1) is 5.75 Å². The molecule has 1 aromatic carbocycles. The Labute approximate surface area is 185 Å². The molecule has 1 atom stereocenters. The molecule has 166 valence electrons. The average Bonchev–Trinajstić information content (AvgIpc) is 3.10. The van der Waals surface area contributed by atoms with E-state index in [0.29, 0.717) is 5.75 Å². The number of urea groups is 1. The molecular formula is C23H36N4O2S. The Bertz CT molecular complexity index is 724. The van der Waals surface area contributed by atoms with Gasteiger partial charge < -0.3 is 15.1 Å². The molecular weight excluding hydrogens is 396 g/mol. The van der Waals surface area contributed by atoms with Crippen molar-refractivity contribution in [1.29, 1.82) is 0 Å². The number of thioether (sulfide) groups is 1. The Morgan fingerprint density at radius 1 is 1.10 bits per heavy atom. The Morgan fingerprint density at radius 3 is 2.37 bits per heavy atom. The second-order valence-electron chi connectivity index (χ2n) is 9.18. The summed E-state index contributed by atoms with van der Waals surface area (Å²) in [5.41, 5.74) is 2.65. The van der Waals surface area contributed by atoms with Crippen LogP contribution in [0.25, 0.3) is 0 Å². The minimum atomic E-state index is 0.0430. The highest BCUT2D eigenvalue weighted by molar-refractivity contribution is 8.00. The number of carbonyl (C=O) groups is 2. The number of hydrogen-bond donors (Lipinski definition) is 1. The molecule has 1 N–H and O–H groups in total. The lowest BCUT2D eigenvalue weighted by Gasteiger charge is -2.36. The number of hydrogen-bond acceptors (Lipinski definition) is 4. The van der Waals surface area contributed by atoms with E-state index >= 15 is 0 Å². The summed E-state index contributed by atoms with van der Waals surface area (Å²) < 4.78 is 0. The molecule has 2 aliphatic heterocycles. The SMILES string of the molecule is CCCNC(=O)N1CCN(CCN2C(=O)CS[C@H]2c2ccc(C(C)(C)C)cc2)CC1. The molecule has 3 amide bonds. The van der Waals surface area contributed by atoms with Crippen molar-refractivity contribution < 1.29 is 9.59 Å². The van der Waals surface area contributed by atoms with Crippen molar-refractivity contribution in [3.8, 4) is 0 Å². The number of piperazine rings is 1. The van der Waals surface area contributed by atoms with Crippen LogP contribution in [0.1, 0.15) is 50.6 Å². The van der Waals surface area contributed by atoms with Gasteiger partial charge in [-0.25, -0.2) is 4.79 Å². The summed E-state index contributed by atoms with van der Waals surface area (Å²) in [5, 5.41) is 3.05. The van der Waals surface area contributed by atoms with Crippen molar-refractivity contribution in [2.75, 3.05) is 51.6 Å². The first kappa shape index (κ1) is 22.9. The normalized spacial score (nSPS) is 20.7. The van der Waals surface area contributed by atoms with E-state index in [1.54, 1.807) is 11.8 Å². The summed E-state index contributed by atoms with van der Waals surface area (Å²) in [4.78, 5) is 30.9. The summed E-state index contributed by atoms with van der Waals surface area (Å²) in [6, 6.07) is 8.79. The molecule has 1 aromatic rings. The van der Waals surface area contributed by atoms with E-state index in [1.807, 2.05) is 9.80 Å². The van der Waals surface area contributed by atoms with Gasteiger partial charge in [0, 0.05) is 45.8 Å². The highest BCUT2D eigenvalue weighted by Crippen LogP contribution is 2.39. The van der Waals surface area contributed by atoms with Crippen molar-refractivity contribution in [3.05, 3.63) is 35.4 Å². The number of nitrogens with zero attached hydrogens (tertiary/aromatic N) is 3. The molecule has 3 rings (SSSR count). The minimum absolute atomic E-state index is 0.0430. The van der Waals surface area contributed by atoms with Gasteiger partial charge in [-0.3, -0.25) is 9.69 Å². The quantitative estimate of drug-likeness (QED) is 0.749. The minimum Gasteiger partial charge on any atom is -0.338 e. The molecule has 0 unspecified atom stereocenters. The van der Waals surface area contributed by atoms with Gasteiger partial charge in [0.2, 0.25) is 5.91 Å². The molecule has 6 nitrogen and oxygen atoms in total. The predicted molar refractivity (Wildman–Crippen MR) is 124 cm³/mol. The molecule has 30 heavy (non-hydrogen) atoms. The van der Waals surface area contributed by atoms with Gasteiger partial charge in [0.15, 0.2) is 0 Å². The molecule has 0 radical (unpaired) electrons. The van der Waals surface area contributed by atoms with Gasteiger partial charge in [-0.05, 0) is 23.0 Å². The second kappa shape index (κ2) is 10.1. The molecule has 2 saturated heterocycles. The third-order valence-electron chi connectivity index (χ3n) is 5.87. The molecule has 2 fully saturated rings. The van der Waals surface area contributed by atoms with Crippen molar-refractivity contribution in [3.63, 3.8) is 0 Å². The summed E-state index contributed by atoms with van der Waals surface area (Å²) >= 11 is 1.72. The molecule has 0 spiro atoms. The smallest absolute Gasteiger partial charge is 0.317 e. The Hall–Kier alpha value is -1.73. The topological polar surface area (TPSA) is 55.9 Å². The summed E-state index contributed by atoms with van der Waals surface area (Å²) in [7, 11) is 0. The van der Waals surface area contributed by atoms with Crippen LogP contribution in [-0.2, 0) is 10.2 Å². The second-order valence-corrected chi connectivity index (χ2v) is 10.3. The fraction of sp³-hybridized carbons (Fsp3) is 0.652. The van der Waals surface area contributed by atoms with Crippen LogP contribution in [0.15, 0.2) is 24.3 Å². The third kappa shape index (κ3) is 5.70. The van der Waals surface area contributed by atoms with Gasteiger partial charge in [0.1, 0.15) is 5.37 Å². The fourth-order valence-electron chi connectivity index (χ4n) is 3.89. The van der Waals surface area contributed by atoms with Gasteiger partial charge in [-0.1, -0.05) is 52.0 Å². The Kier molecular flexibility index (Phi) is 7.69. The molecule has 0 aromatic heterocycles. The lowest BCUT2D eigenvalue weighted by Crippen LogP contribution is -2.53. The van der Waals surface area contributed by atoms with Crippen LogP contribution in [-0.4, -0.2) is 78.2 Å². The highest BCUT2D eigenvalue weighted by Gasteiger charge is 2.33.